The Hall–Kier alpha value is -2.45. The molecule has 30 heavy (non-hydrogen) atoms. The minimum absolute atomic E-state index is 0.258. The number of nitrogens with zero attached hydrogens (tertiary/aromatic N) is 1. The SMILES string of the molecule is CCC1CCc2nc(-c3ccc4c(c3)C(C)(C)OC4(C)C)cc(-c3ccccc3)c21. The molecule has 0 N–H and O–H groups in total. The molecule has 1 atom stereocenters. The molecule has 0 fully saturated rings. The lowest BCUT2D eigenvalue weighted by Gasteiger charge is -2.24. The molecule has 0 radical (unpaired) electrons. The van der Waals surface area contributed by atoms with Gasteiger partial charge in [-0.15, -0.1) is 0 Å². The number of rotatable bonds is 3. The maximum Gasteiger partial charge on any atom is 0.0891 e. The molecule has 1 aliphatic heterocycles. The van der Waals surface area contributed by atoms with Crippen molar-refractivity contribution in [1.29, 1.82) is 0 Å². The Morgan fingerprint density at radius 1 is 0.900 bits per heavy atom. The molecule has 2 nitrogen and oxygen atoms in total. The largest absolute Gasteiger partial charge is 0.360 e. The standard InChI is InChI=1S/C28H31NO/c1-6-18-13-15-24-26(18)21(19-10-8-7-9-11-19)17-25(29-24)20-12-14-22-23(16-20)28(4,5)30-27(22,2)3/h7-12,14,16-18H,6,13,15H2,1-5H3. The monoisotopic (exact) mass is 397 g/mol. The Kier molecular flexibility index (Phi) is 4.41. The summed E-state index contributed by atoms with van der Waals surface area (Å²) in [4.78, 5) is 5.18. The second kappa shape index (κ2) is 6.78. The molecule has 0 spiro atoms. The number of aryl methyl sites for hydroxylation is 1. The average molecular weight is 398 g/mol. The second-order valence-electron chi connectivity index (χ2n) is 9.81. The van der Waals surface area contributed by atoms with Crippen molar-refractivity contribution < 1.29 is 4.74 Å². The molecule has 2 heteroatoms. The third-order valence-corrected chi connectivity index (χ3v) is 6.98. The molecule has 0 saturated heterocycles. The summed E-state index contributed by atoms with van der Waals surface area (Å²) in [6.07, 6.45) is 3.46. The number of hydrogen-bond donors (Lipinski definition) is 0. The highest BCUT2D eigenvalue weighted by Gasteiger charge is 2.43. The highest BCUT2D eigenvalue weighted by atomic mass is 16.5. The van der Waals surface area contributed by atoms with Gasteiger partial charge in [0.1, 0.15) is 0 Å². The Labute approximate surface area is 180 Å². The van der Waals surface area contributed by atoms with Gasteiger partial charge in [-0.3, -0.25) is 4.98 Å². The van der Waals surface area contributed by atoms with Gasteiger partial charge >= 0.3 is 0 Å². The minimum Gasteiger partial charge on any atom is -0.360 e. The molecule has 2 aliphatic rings. The molecule has 0 bridgehead atoms. The predicted octanol–water partition coefficient (Wildman–Crippen LogP) is 7.36. The van der Waals surface area contributed by atoms with Crippen LogP contribution < -0.4 is 0 Å². The van der Waals surface area contributed by atoms with Crippen molar-refractivity contribution >= 4 is 0 Å². The van der Waals surface area contributed by atoms with Gasteiger partial charge in [0.05, 0.1) is 16.9 Å². The molecule has 0 amide bonds. The summed E-state index contributed by atoms with van der Waals surface area (Å²) in [7, 11) is 0. The first-order chi connectivity index (χ1) is 14.3. The molecule has 3 aromatic rings. The van der Waals surface area contributed by atoms with E-state index in [9.17, 15) is 0 Å². The normalized spacial score (nSPS) is 20.8. The van der Waals surface area contributed by atoms with E-state index in [0.717, 1.165) is 12.1 Å². The third kappa shape index (κ3) is 3.01. The first-order valence-corrected chi connectivity index (χ1v) is 11.2. The van der Waals surface area contributed by atoms with Crippen LogP contribution >= 0.6 is 0 Å². The van der Waals surface area contributed by atoms with E-state index in [-0.39, 0.29) is 11.2 Å². The van der Waals surface area contributed by atoms with Crippen molar-refractivity contribution in [3.8, 4) is 22.4 Å². The zero-order chi connectivity index (χ0) is 21.1. The van der Waals surface area contributed by atoms with Crippen LogP contribution in [0.25, 0.3) is 22.4 Å². The third-order valence-electron chi connectivity index (χ3n) is 6.98. The lowest BCUT2D eigenvalue weighted by molar-refractivity contribution is -0.105. The van der Waals surface area contributed by atoms with Crippen LogP contribution in [0.5, 0.6) is 0 Å². The van der Waals surface area contributed by atoms with Crippen molar-refractivity contribution in [1.82, 2.24) is 4.98 Å². The molecule has 2 heterocycles. The van der Waals surface area contributed by atoms with Crippen LogP contribution in [0, 0.1) is 0 Å². The highest BCUT2D eigenvalue weighted by molar-refractivity contribution is 5.76. The van der Waals surface area contributed by atoms with Crippen LogP contribution in [0.1, 0.15) is 75.8 Å². The van der Waals surface area contributed by atoms with E-state index in [0.29, 0.717) is 5.92 Å². The molecule has 154 valence electrons. The lowest BCUT2D eigenvalue weighted by atomic mass is 9.87. The Morgan fingerprint density at radius 3 is 2.37 bits per heavy atom. The molecule has 5 rings (SSSR count). The van der Waals surface area contributed by atoms with E-state index in [1.165, 1.54) is 51.9 Å². The molecule has 0 saturated carbocycles. The lowest BCUT2D eigenvalue weighted by Crippen LogP contribution is -2.22. The van der Waals surface area contributed by atoms with E-state index in [1.807, 2.05) is 0 Å². The summed E-state index contributed by atoms with van der Waals surface area (Å²) in [6, 6.07) is 19.9. The van der Waals surface area contributed by atoms with E-state index in [1.54, 1.807) is 0 Å². The molecule has 1 unspecified atom stereocenters. The Morgan fingerprint density at radius 2 is 1.63 bits per heavy atom. The summed E-state index contributed by atoms with van der Waals surface area (Å²) in [6.45, 7) is 11.0. The van der Waals surface area contributed by atoms with E-state index in [2.05, 4.69) is 89.2 Å². The smallest absolute Gasteiger partial charge is 0.0891 e. The number of fused-ring (bicyclic) bond motifs is 2. The van der Waals surface area contributed by atoms with Gasteiger partial charge in [0.15, 0.2) is 0 Å². The quantitative estimate of drug-likeness (QED) is 0.461. The van der Waals surface area contributed by atoms with Gasteiger partial charge in [0.25, 0.3) is 0 Å². The summed E-state index contributed by atoms with van der Waals surface area (Å²) < 4.78 is 6.37. The average Bonchev–Trinajstić information content (AvgIpc) is 3.23. The van der Waals surface area contributed by atoms with Gasteiger partial charge in [0.2, 0.25) is 0 Å². The van der Waals surface area contributed by atoms with Crippen LogP contribution in [0.15, 0.2) is 54.6 Å². The van der Waals surface area contributed by atoms with Crippen molar-refractivity contribution in [2.45, 2.75) is 71.0 Å². The van der Waals surface area contributed by atoms with E-state index < -0.39 is 0 Å². The molecule has 2 aromatic carbocycles. The Bertz CT molecular complexity index is 1110. The number of benzene rings is 2. The Balaban J connectivity index is 1.69. The maximum atomic E-state index is 6.37. The van der Waals surface area contributed by atoms with Crippen LogP contribution in [-0.4, -0.2) is 4.98 Å². The van der Waals surface area contributed by atoms with Gasteiger partial charge in [0, 0.05) is 11.3 Å². The molecular weight excluding hydrogens is 366 g/mol. The van der Waals surface area contributed by atoms with Crippen molar-refractivity contribution in [2.24, 2.45) is 0 Å². The van der Waals surface area contributed by atoms with Gasteiger partial charge in [-0.25, -0.2) is 0 Å². The predicted molar refractivity (Wildman–Crippen MR) is 124 cm³/mol. The second-order valence-corrected chi connectivity index (χ2v) is 9.81. The molecule has 1 aliphatic carbocycles. The first kappa shape index (κ1) is 19.5. The summed E-state index contributed by atoms with van der Waals surface area (Å²) in [5, 5.41) is 0. The van der Waals surface area contributed by atoms with Crippen LogP contribution in [0.3, 0.4) is 0 Å². The van der Waals surface area contributed by atoms with Crippen LogP contribution in [-0.2, 0) is 22.4 Å². The van der Waals surface area contributed by atoms with Gasteiger partial charge < -0.3 is 4.74 Å². The minimum atomic E-state index is -0.291. The van der Waals surface area contributed by atoms with Crippen LogP contribution in [0.4, 0.5) is 0 Å². The summed E-state index contributed by atoms with van der Waals surface area (Å²) >= 11 is 0. The van der Waals surface area contributed by atoms with Gasteiger partial charge in [-0.2, -0.15) is 0 Å². The molecule has 1 aromatic heterocycles. The number of aromatic nitrogens is 1. The zero-order valence-corrected chi connectivity index (χ0v) is 18.8. The molecular formula is C28H31NO. The topological polar surface area (TPSA) is 22.1 Å². The summed E-state index contributed by atoms with van der Waals surface area (Å²) in [5.74, 6) is 0.616. The number of ether oxygens (including phenoxy) is 1. The zero-order valence-electron chi connectivity index (χ0n) is 18.8. The number of hydrogen-bond acceptors (Lipinski definition) is 2. The fraction of sp³-hybridized carbons (Fsp3) is 0.393. The fourth-order valence-corrected chi connectivity index (χ4v) is 5.60. The number of pyridine rings is 1. The van der Waals surface area contributed by atoms with Crippen molar-refractivity contribution in [2.75, 3.05) is 0 Å². The van der Waals surface area contributed by atoms with E-state index >= 15 is 0 Å². The van der Waals surface area contributed by atoms with Crippen molar-refractivity contribution in [3.63, 3.8) is 0 Å². The summed E-state index contributed by atoms with van der Waals surface area (Å²) in [5.41, 5.74) is 9.68. The van der Waals surface area contributed by atoms with Gasteiger partial charge in [-0.05, 0) is 92.8 Å². The van der Waals surface area contributed by atoms with E-state index in [4.69, 9.17) is 9.72 Å². The first-order valence-electron chi connectivity index (χ1n) is 11.2. The van der Waals surface area contributed by atoms with Crippen molar-refractivity contribution in [3.05, 3.63) is 77.0 Å². The maximum absolute atomic E-state index is 6.37. The fourth-order valence-electron chi connectivity index (χ4n) is 5.60. The highest BCUT2D eigenvalue weighted by Crippen LogP contribution is 2.48. The van der Waals surface area contributed by atoms with Crippen LogP contribution in [0.2, 0.25) is 0 Å². The van der Waals surface area contributed by atoms with Gasteiger partial charge in [-0.1, -0.05) is 49.4 Å².